The molecule has 0 aromatic carbocycles. The van der Waals surface area contributed by atoms with Crippen molar-refractivity contribution in [2.75, 3.05) is 30.8 Å². The summed E-state index contributed by atoms with van der Waals surface area (Å²) in [6.45, 7) is 2.65. The zero-order valence-corrected chi connectivity index (χ0v) is 11.8. The second-order valence-corrected chi connectivity index (χ2v) is 4.73. The minimum atomic E-state index is -0.563. The van der Waals surface area contributed by atoms with Crippen molar-refractivity contribution in [3.8, 4) is 0 Å². The van der Waals surface area contributed by atoms with Crippen molar-refractivity contribution in [3.05, 3.63) is 5.56 Å². The van der Waals surface area contributed by atoms with Crippen LogP contribution in [0.25, 0.3) is 0 Å². The molecule has 0 aliphatic rings. The average Bonchev–Trinajstić information content (AvgIpc) is 2.75. The maximum atomic E-state index is 11.7. The Hall–Kier alpha value is -1.83. The monoisotopic (exact) mass is 286 g/mol. The van der Waals surface area contributed by atoms with Gasteiger partial charge >= 0.3 is 5.97 Å². The van der Waals surface area contributed by atoms with E-state index in [-0.39, 0.29) is 17.9 Å². The predicted octanol–water partition coefficient (Wildman–Crippen LogP) is 0.604. The van der Waals surface area contributed by atoms with Crippen LogP contribution < -0.4 is 16.4 Å². The van der Waals surface area contributed by atoms with Gasteiger partial charge < -0.3 is 21.1 Å². The number of hydrogen-bond donors (Lipinski definition) is 2. The first-order valence-corrected chi connectivity index (χ1v) is 6.65. The topological polar surface area (TPSA) is 112 Å². The summed E-state index contributed by atoms with van der Waals surface area (Å²) >= 11 is 1.06. The highest BCUT2D eigenvalue weighted by Gasteiger charge is 2.24. The molecule has 0 saturated heterocycles. The van der Waals surface area contributed by atoms with Crippen molar-refractivity contribution >= 4 is 34.2 Å². The minimum Gasteiger partial charge on any atom is -0.465 e. The van der Waals surface area contributed by atoms with Crippen molar-refractivity contribution in [1.29, 1.82) is 0 Å². The molecular formula is C11H18N4O3S. The third kappa shape index (κ3) is 3.82. The summed E-state index contributed by atoms with van der Waals surface area (Å²) in [7, 11) is 1.27. The maximum Gasteiger partial charge on any atom is 0.344 e. The fraction of sp³-hybridized carbons (Fsp3) is 0.545. The van der Waals surface area contributed by atoms with Gasteiger partial charge in [0.15, 0.2) is 5.82 Å². The molecule has 1 amide bonds. The molecule has 4 N–H and O–H groups in total. The van der Waals surface area contributed by atoms with Crippen molar-refractivity contribution in [3.63, 3.8) is 0 Å². The van der Waals surface area contributed by atoms with Gasteiger partial charge in [-0.25, -0.2) is 4.79 Å². The number of methoxy groups -OCH3 is 1. The molecule has 0 unspecified atom stereocenters. The molecule has 0 aliphatic carbocycles. The highest BCUT2D eigenvalue weighted by molar-refractivity contribution is 7.11. The number of nitrogen functional groups attached to an aromatic ring is 1. The summed E-state index contributed by atoms with van der Waals surface area (Å²) in [6.07, 6.45) is 1.82. The first-order chi connectivity index (χ1) is 9.01. The van der Waals surface area contributed by atoms with Gasteiger partial charge in [0.1, 0.15) is 10.6 Å². The number of esters is 1. The van der Waals surface area contributed by atoms with Gasteiger partial charge in [0.25, 0.3) is 0 Å². The van der Waals surface area contributed by atoms with Crippen molar-refractivity contribution in [1.82, 2.24) is 4.37 Å². The van der Waals surface area contributed by atoms with Gasteiger partial charge in [-0.15, -0.1) is 0 Å². The second kappa shape index (κ2) is 6.93. The van der Waals surface area contributed by atoms with E-state index in [9.17, 15) is 9.59 Å². The number of hydrogen-bond acceptors (Lipinski definition) is 7. The molecule has 0 radical (unpaired) electrons. The number of ether oxygens (including phenoxy) is 1. The van der Waals surface area contributed by atoms with Crippen LogP contribution in [0.5, 0.6) is 0 Å². The third-order valence-electron chi connectivity index (χ3n) is 2.51. The Morgan fingerprint density at radius 3 is 2.68 bits per heavy atom. The van der Waals surface area contributed by atoms with E-state index in [4.69, 9.17) is 11.5 Å². The van der Waals surface area contributed by atoms with Gasteiger partial charge in [-0.05, 0) is 18.0 Å². The van der Waals surface area contributed by atoms with Crippen LogP contribution in [0.4, 0.5) is 10.8 Å². The molecule has 7 nitrogen and oxygen atoms in total. The van der Waals surface area contributed by atoms with Crippen molar-refractivity contribution in [2.45, 2.75) is 19.8 Å². The summed E-state index contributed by atoms with van der Waals surface area (Å²) in [6, 6.07) is 0. The summed E-state index contributed by atoms with van der Waals surface area (Å²) in [5.74, 6) is -0.927. The Morgan fingerprint density at radius 1 is 1.47 bits per heavy atom. The summed E-state index contributed by atoms with van der Waals surface area (Å²) in [4.78, 5) is 24.5. The SMILES string of the molecule is CCCCN(CC(N)=O)c1snc(N)c1C(=O)OC. The number of anilines is 2. The van der Waals surface area contributed by atoms with Crippen LogP contribution in [0.3, 0.4) is 0 Å². The van der Waals surface area contributed by atoms with Gasteiger partial charge in [0.05, 0.1) is 13.7 Å². The standard InChI is InChI=1S/C11H18N4O3S/c1-3-4-5-15(6-7(12)16)10-8(11(17)18-2)9(13)14-19-10/h3-6H2,1-2H3,(H2,12,16)(H2,13,14). The molecule has 0 fully saturated rings. The lowest BCUT2D eigenvalue weighted by atomic mass is 10.2. The second-order valence-electron chi connectivity index (χ2n) is 3.98. The minimum absolute atomic E-state index is 0.0195. The van der Waals surface area contributed by atoms with E-state index >= 15 is 0 Å². The molecular weight excluding hydrogens is 268 g/mol. The maximum absolute atomic E-state index is 11.7. The van der Waals surface area contributed by atoms with Crippen LogP contribution in [0.2, 0.25) is 0 Å². The molecule has 8 heteroatoms. The number of primary amides is 1. The zero-order valence-electron chi connectivity index (χ0n) is 11.0. The van der Waals surface area contributed by atoms with E-state index in [0.29, 0.717) is 11.5 Å². The zero-order chi connectivity index (χ0) is 14.4. The summed E-state index contributed by atoms with van der Waals surface area (Å²) in [5.41, 5.74) is 11.1. The van der Waals surface area contributed by atoms with Crippen LogP contribution >= 0.6 is 11.5 Å². The average molecular weight is 286 g/mol. The lowest BCUT2D eigenvalue weighted by molar-refractivity contribution is -0.116. The molecule has 0 aliphatic heterocycles. The van der Waals surface area contributed by atoms with E-state index in [1.54, 1.807) is 4.90 Å². The highest BCUT2D eigenvalue weighted by Crippen LogP contribution is 2.31. The first kappa shape index (κ1) is 15.2. The Morgan fingerprint density at radius 2 is 2.16 bits per heavy atom. The quantitative estimate of drug-likeness (QED) is 0.710. The largest absolute Gasteiger partial charge is 0.465 e. The highest BCUT2D eigenvalue weighted by atomic mass is 32.1. The Balaban J connectivity index is 3.07. The number of carbonyl (C=O) groups excluding carboxylic acids is 2. The van der Waals surface area contributed by atoms with Gasteiger partial charge in [-0.2, -0.15) is 4.37 Å². The van der Waals surface area contributed by atoms with E-state index < -0.39 is 11.9 Å². The van der Waals surface area contributed by atoms with E-state index in [1.165, 1.54) is 7.11 Å². The van der Waals surface area contributed by atoms with Crippen molar-refractivity contribution in [2.24, 2.45) is 5.73 Å². The van der Waals surface area contributed by atoms with Crippen LogP contribution in [0, 0.1) is 0 Å². The van der Waals surface area contributed by atoms with Gasteiger partial charge in [0.2, 0.25) is 5.91 Å². The number of rotatable bonds is 7. The summed E-state index contributed by atoms with van der Waals surface area (Å²) < 4.78 is 8.63. The molecule has 106 valence electrons. The fourth-order valence-corrected chi connectivity index (χ4v) is 2.42. The van der Waals surface area contributed by atoms with E-state index in [0.717, 1.165) is 24.4 Å². The molecule has 19 heavy (non-hydrogen) atoms. The van der Waals surface area contributed by atoms with Gasteiger partial charge in [-0.1, -0.05) is 13.3 Å². The molecule has 0 saturated carbocycles. The molecule has 1 heterocycles. The molecule has 1 aromatic heterocycles. The number of aromatic nitrogens is 1. The normalized spacial score (nSPS) is 10.2. The van der Waals surface area contributed by atoms with E-state index in [1.807, 2.05) is 6.92 Å². The first-order valence-electron chi connectivity index (χ1n) is 5.87. The third-order valence-corrected chi connectivity index (χ3v) is 3.43. The fourth-order valence-electron chi connectivity index (χ4n) is 1.59. The molecule has 0 bridgehead atoms. The Kier molecular flexibility index (Phi) is 5.56. The van der Waals surface area contributed by atoms with Crippen LogP contribution in [-0.4, -0.2) is 36.4 Å². The van der Waals surface area contributed by atoms with Gasteiger partial charge in [0, 0.05) is 6.54 Å². The molecule has 0 spiro atoms. The smallest absolute Gasteiger partial charge is 0.344 e. The lowest BCUT2D eigenvalue weighted by Crippen LogP contribution is -2.35. The van der Waals surface area contributed by atoms with E-state index in [2.05, 4.69) is 9.11 Å². The van der Waals surface area contributed by atoms with Crippen LogP contribution in [0.15, 0.2) is 0 Å². The molecule has 1 aromatic rings. The predicted molar refractivity (Wildman–Crippen MR) is 74.2 cm³/mol. The lowest BCUT2D eigenvalue weighted by Gasteiger charge is -2.21. The van der Waals surface area contributed by atoms with Gasteiger partial charge in [-0.3, -0.25) is 4.79 Å². The Labute approximate surface area is 115 Å². The van der Waals surface area contributed by atoms with Crippen LogP contribution in [-0.2, 0) is 9.53 Å². The summed E-state index contributed by atoms with van der Waals surface area (Å²) in [5, 5.41) is 0.525. The number of amides is 1. The number of unbranched alkanes of at least 4 members (excludes halogenated alkanes) is 1. The number of carbonyl (C=O) groups is 2. The van der Waals surface area contributed by atoms with Crippen molar-refractivity contribution < 1.29 is 14.3 Å². The Bertz CT molecular complexity index is 461. The number of nitrogens with two attached hydrogens (primary N) is 2. The molecule has 0 atom stereocenters. The van der Waals surface area contributed by atoms with Crippen LogP contribution in [0.1, 0.15) is 30.1 Å². The number of nitrogens with zero attached hydrogens (tertiary/aromatic N) is 2. The molecule has 1 rings (SSSR count).